The Morgan fingerprint density at radius 1 is 1.62 bits per heavy atom. The van der Waals surface area contributed by atoms with E-state index in [2.05, 4.69) is 26.3 Å². The minimum Gasteiger partial charge on any atom is -0.444 e. The average molecular weight is 360 g/mol. The highest BCUT2D eigenvalue weighted by Crippen LogP contribution is 2.33. The van der Waals surface area contributed by atoms with Gasteiger partial charge in [0.1, 0.15) is 10.2 Å². The molecule has 2 rings (SSSR count). The van der Waals surface area contributed by atoms with Crippen LogP contribution >= 0.6 is 15.9 Å². The van der Waals surface area contributed by atoms with Crippen molar-refractivity contribution in [3.05, 3.63) is 16.4 Å². The number of carbonyl (C=O) groups excluding carboxylic acids is 1. The van der Waals surface area contributed by atoms with Crippen LogP contribution in [0, 0.1) is 5.92 Å². The number of aliphatic hydroxyl groups excluding tert-OH is 1. The van der Waals surface area contributed by atoms with E-state index in [0.717, 1.165) is 18.5 Å². The molecule has 118 valence electrons. The molecule has 1 amide bonds. The molecule has 1 aliphatic carbocycles. The van der Waals surface area contributed by atoms with Crippen LogP contribution in [0.25, 0.3) is 0 Å². The zero-order valence-electron chi connectivity index (χ0n) is 12.6. The van der Waals surface area contributed by atoms with Crippen LogP contribution in [0.2, 0.25) is 0 Å². The number of amides is 1. The van der Waals surface area contributed by atoms with Crippen LogP contribution < -0.4 is 5.32 Å². The molecule has 1 aromatic rings. The number of halogens is 1. The summed E-state index contributed by atoms with van der Waals surface area (Å²) < 4.78 is 7.71. The maximum Gasteiger partial charge on any atom is 0.407 e. The molecule has 0 spiro atoms. The summed E-state index contributed by atoms with van der Waals surface area (Å²) in [5.41, 5.74) is 0.210. The fourth-order valence-corrected chi connectivity index (χ4v) is 2.62. The predicted molar refractivity (Wildman–Crippen MR) is 81.7 cm³/mol. The van der Waals surface area contributed by atoms with Gasteiger partial charge in [-0.2, -0.15) is 5.10 Å². The minimum absolute atomic E-state index is 0.0306. The Morgan fingerprint density at radius 3 is 2.81 bits per heavy atom. The molecule has 0 bridgehead atoms. The van der Waals surface area contributed by atoms with E-state index in [-0.39, 0.29) is 12.6 Å². The molecular weight excluding hydrogens is 338 g/mol. The summed E-state index contributed by atoms with van der Waals surface area (Å²) in [5.74, 6) is 0.451. The Hall–Kier alpha value is -1.08. The summed E-state index contributed by atoms with van der Waals surface area (Å²) in [6, 6.07) is 1.74. The van der Waals surface area contributed by atoms with Crippen molar-refractivity contribution in [2.45, 2.75) is 58.4 Å². The van der Waals surface area contributed by atoms with Gasteiger partial charge in [-0.25, -0.2) is 4.79 Å². The Labute approximate surface area is 133 Å². The predicted octanol–water partition coefficient (Wildman–Crippen LogP) is 2.44. The van der Waals surface area contributed by atoms with E-state index < -0.39 is 11.7 Å². The zero-order chi connectivity index (χ0) is 15.6. The first kappa shape index (κ1) is 16.3. The maximum atomic E-state index is 11.9. The van der Waals surface area contributed by atoms with Crippen molar-refractivity contribution in [3.63, 3.8) is 0 Å². The number of rotatable bonds is 5. The molecule has 1 heterocycles. The summed E-state index contributed by atoms with van der Waals surface area (Å²) in [5, 5.41) is 16.6. The third-order valence-electron chi connectivity index (χ3n) is 3.26. The molecule has 6 nitrogen and oxygen atoms in total. The Morgan fingerprint density at radius 2 is 2.29 bits per heavy atom. The van der Waals surface area contributed by atoms with Crippen molar-refractivity contribution in [1.82, 2.24) is 15.1 Å². The molecule has 1 fully saturated rings. The molecule has 1 aliphatic rings. The molecule has 1 atom stereocenters. The molecule has 0 aromatic carbocycles. The van der Waals surface area contributed by atoms with Crippen LogP contribution in [0.15, 0.2) is 10.7 Å². The van der Waals surface area contributed by atoms with E-state index in [9.17, 15) is 9.90 Å². The van der Waals surface area contributed by atoms with E-state index in [1.54, 1.807) is 10.7 Å². The van der Waals surface area contributed by atoms with Crippen LogP contribution in [0.4, 0.5) is 4.79 Å². The lowest BCUT2D eigenvalue weighted by Gasteiger charge is -2.24. The fourth-order valence-electron chi connectivity index (χ4n) is 2.16. The summed E-state index contributed by atoms with van der Waals surface area (Å²) >= 11 is 3.30. The van der Waals surface area contributed by atoms with Gasteiger partial charge in [-0.3, -0.25) is 4.68 Å². The molecule has 1 unspecified atom stereocenters. The number of carbonyl (C=O) groups is 1. The van der Waals surface area contributed by atoms with Gasteiger partial charge in [-0.05, 0) is 61.5 Å². The van der Waals surface area contributed by atoms with Crippen molar-refractivity contribution in [2.75, 3.05) is 0 Å². The molecule has 0 radical (unpaired) electrons. The number of aromatic nitrogens is 2. The third kappa shape index (κ3) is 5.00. The molecule has 21 heavy (non-hydrogen) atoms. The lowest BCUT2D eigenvalue weighted by atomic mass is 10.2. The topological polar surface area (TPSA) is 76.4 Å². The van der Waals surface area contributed by atoms with Gasteiger partial charge in [0, 0.05) is 0 Å². The second-order valence-electron chi connectivity index (χ2n) is 6.39. The SMILES string of the molecule is CC(C)(C)OC(=O)NC(Cn1nc(Br)cc1CO)C1CC1. The van der Waals surface area contributed by atoms with Crippen molar-refractivity contribution < 1.29 is 14.6 Å². The van der Waals surface area contributed by atoms with Crippen LogP contribution in [-0.2, 0) is 17.9 Å². The van der Waals surface area contributed by atoms with Crippen molar-refractivity contribution in [2.24, 2.45) is 5.92 Å². The van der Waals surface area contributed by atoms with Gasteiger partial charge in [-0.1, -0.05) is 0 Å². The highest BCUT2D eigenvalue weighted by Gasteiger charge is 2.34. The summed E-state index contributed by atoms with van der Waals surface area (Å²) in [6.45, 7) is 5.97. The zero-order valence-corrected chi connectivity index (χ0v) is 14.2. The van der Waals surface area contributed by atoms with E-state index in [1.165, 1.54) is 0 Å². The smallest absolute Gasteiger partial charge is 0.407 e. The number of hydrogen-bond donors (Lipinski definition) is 2. The molecule has 2 N–H and O–H groups in total. The number of nitrogens with zero attached hydrogens (tertiary/aromatic N) is 2. The number of nitrogens with one attached hydrogen (secondary N) is 1. The van der Waals surface area contributed by atoms with Gasteiger partial charge in [0.05, 0.1) is 24.9 Å². The fraction of sp³-hybridized carbons (Fsp3) is 0.714. The first-order chi connectivity index (χ1) is 9.78. The Bertz CT molecular complexity index is 506. The van der Waals surface area contributed by atoms with E-state index in [0.29, 0.717) is 17.1 Å². The van der Waals surface area contributed by atoms with Gasteiger partial charge < -0.3 is 15.2 Å². The normalized spacial score (nSPS) is 16.6. The van der Waals surface area contributed by atoms with Crippen LogP contribution in [-0.4, -0.2) is 32.6 Å². The summed E-state index contributed by atoms with van der Waals surface area (Å²) in [7, 11) is 0. The van der Waals surface area contributed by atoms with Gasteiger partial charge in [0.15, 0.2) is 0 Å². The van der Waals surface area contributed by atoms with Crippen molar-refractivity contribution in [1.29, 1.82) is 0 Å². The van der Waals surface area contributed by atoms with Crippen LogP contribution in [0.5, 0.6) is 0 Å². The first-order valence-corrected chi connectivity index (χ1v) is 7.90. The largest absolute Gasteiger partial charge is 0.444 e. The standard InChI is InChI=1S/C14H22BrN3O3/c1-14(2,3)21-13(20)16-11(9-4-5-9)7-18-10(8-19)6-12(15)17-18/h6,9,11,19H,4-5,7-8H2,1-3H3,(H,16,20). The Kier molecular flexibility index (Phi) is 4.93. The first-order valence-electron chi connectivity index (χ1n) is 7.11. The van der Waals surface area contributed by atoms with Crippen molar-refractivity contribution >= 4 is 22.0 Å². The minimum atomic E-state index is -0.511. The average Bonchev–Trinajstić information content (AvgIpc) is 3.11. The number of aliphatic hydroxyl groups is 1. The maximum absolute atomic E-state index is 11.9. The molecule has 0 aliphatic heterocycles. The molecule has 1 aromatic heterocycles. The monoisotopic (exact) mass is 359 g/mol. The molecular formula is C14H22BrN3O3. The lowest BCUT2D eigenvalue weighted by molar-refractivity contribution is 0.0490. The number of ether oxygens (including phenoxy) is 1. The molecule has 1 saturated carbocycles. The van der Waals surface area contributed by atoms with Gasteiger partial charge >= 0.3 is 6.09 Å². The quantitative estimate of drug-likeness (QED) is 0.846. The lowest BCUT2D eigenvalue weighted by Crippen LogP contribution is -2.42. The molecule has 0 saturated heterocycles. The Balaban J connectivity index is 2.01. The summed E-state index contributed by atoms with van der Waals surface area (Å²) in [6.07, 6.45) is 1.78. The second-order valence-corrected chi connectivity index (χ2v) is 7.20. The van der Waals surface area contributed by atoms with Gasteiger partial charge in [0.2, 0.25) is 0 Å². The number of alkyl carbamates (subject to hydrolysis) is 1. The summed E-state index contributed by atoms with van der Waals surface area (Å²) in [4.78, 5) is 11.9. The highest BCUT2D eigenvalue weighted by molar-refractivity contribution is 9.10. The van der Waals surface area contributed by atoms with Crippen molar-refractivity contribution in [3.8, 4) is 0 Å². The van der Waals surface area contributed by atoms with E-state index >= 15 is 0 Å². The van der Waals surface area contributed by atoms with Crippen LogP contribution in [0.1, 0.15) is 39.3 Å². The van der Waals surface area contributed by atoms with Crippen LogP contribution in [0.3, 0.4) is 0 Å². The molecule has 7 heteroatoms. The number of hydrogen-bond acceptors (Lipinski definition) is 4. The third-order valence-corrected chi connectivity index (χ3v) is 3.65. The second kappa shape index (κ2) is 6.36. The van der Waals surface area contributed by atoms with Gasteiger partial charge in [-0.15, -0.1) is 0 Å². The highest BCUT2D eigenvalue weighted by atomic mass is 79.9. The van der Waals surface area contributed by atoms with E-state index in [1.807, 2.05) is 20.8 Å². The van der Waals surface area contributed by atoms with Gasteiger partial charge in [0.25, 0.3) is 0 Å². The van der Waals surface area contributed by atoms with E-state index in [4.69, 9.17) is 4.74 Å².